The van der Waals surface area contributed by atoms with Gasteiger partial charge in [-0.25, -0.2) is 13.4 Å². The number of aliphatic hydroxyl groups is 1. The molecule has 0 fully saturated rings. The summed E-state index contributed by atoms with van der Waals surface area (Å²) in [6.07, 6.45) is 2.46. The van der Waals surface area contributed by atoms with E-state index in [1.54, 1.807) is 30.3 Å². The molecule has 2 N–H and O–H groups in total. The van der Waals surface area contributed by atoms with Gasteiger partial charge >= 0.3 is 10.2 Å². The maximum Gasteiger partial charge on any atom is 0.330 e. The average molecular weight is 412 g/mol. The Bertz CT molecular complexity index is 1240. The van der Waals surface area contributed by atoms with E-state index in [-0.39, 0.29) is 23.4 Å². The zero-order valence-corrected chi connectivity index (χ0v) is 16.0. The fourth-order valence-corrected chi connectivity index (χ4v) is 4.15. The summed E-state index contributed by atoms with van der Waals surface area (Å²) in [5, 5.41) is 10.4. The Morgan fingerprint density at radius 2 is 1.93 bits per heavy atom. The second-order valence-corrected chi connectivity index (χ2v) is 7.96. The summed E-state index contributed by atoms with van der Waals surface area (Å²) in [5.74, 6) is -1.37. The van der Waals surface area contributed by atoms with Crippen molar-refractivity contribution in [1.29, 1.82) is 0 Å². The molecule has 1 aliphatic rings. The fraction of sp³-hybridized carbons (Fsp3) is 0.0476. The fourth-order valence-electron chi connectivity index (χ4n) is 3.09. The molecule has 0 radical (unpaired) electrons. The largest absolute Gasteiger partial charge is 0.493 e. The van der Waals surface area contributed by atoms with Gasteiger partial charge in [0.25, 0.3) is 0 Å². The lowest BCUT2D eigenvalue weighted by molar-refractivity contribution is 0.306. The molecular weight excluding hydrogens is 395 g/mol. The molecule has 0 atom stereocenters. The van der Waals surface area contributed by atoms with Gasteiger partial charge in [0, 0.05) is 5.39 Å². The summed E-state index contributed by atoms with van der Waals surface area (Å²) in [5.41, 5.74) is 1.20. The van der Waals surface area contributed by atoms with Crippen LogP contribution in [-0.2, 0) is 16.8 Å². The lowest BCUT2D eigenvalue weighted by Crippen LogP contribution is -2.30. The summed E-state index contributed by atoms with van der Waals surface area (Å²) < 4.78 is 48.6. The molecule has 0 spiro atoms. The van der Waals surface area contributed by atoms with Crippen molar-refractivity contribution in [3.05, 3.63) is 90.2 Å². The lowest BCUT2D eigenvalue weighted by atomic mass is 10.0. The second-order valence-electron chi connectivity index (χ2n) is 6.41. The van der Waals surface area contributed by atoms with Crippen molar-refractivity contribution in [2.75, 3.05) is 4.31 Å². The van der Waals surface area contributed by atoms with E-state index in [0.29, 0.717) is 15.3 Å². The first kappa shape index (κ1) is 18.8. The Balaban J connectivity index is 1.89. The molecular formula is C21H17FN2O4S. The van der Waals surface area contributed by atoms with Gasteiger partial charge in [0.15, 0.2) is 5.82 Å². The van der Waals surface area contributed by atoms with Crippen molar-refractivity contribution in [3.8, 4) is 5.75 Å². The molecule has 4 rings (SSSR count). The third-order valence-corrected chi connectivity index (χ3v) is 5.74. The molecule has 8 heteroatoms. The van der Waals surface area contributed by atoms with Gasteiger partial charge in [0.05, 0.1) is 6.20 Å². The third kappa shape index (κ3) is 3.50. The molecule has 3 aromatic rings. The van der Waals surface area contributed by atoms with E-state index in [2.05, 4.69) is 6.58 Å². The molecule has 0 saturated carbocycles. The first-order chi connectivity index (χ1) is 13.9. The quantitative estimate of drug-likeness (QED) is 0.658. The highest BCUT2D eigenvalue weighted by Crippen LogP contribution is 2.40. The molecule has 0 bridgehead atoms. The summed E-state index contributed by atoms with van der Waals surface area (Å²) >= 11 is 0. The molecule has 0 aliphatic carbocycles. The highest BCUT2D eigenvalue weighted by molar-refractivity contribution is 7.91. The van der Waals surface area contributed by atoms with Gasteiger partial charge in [0.2, 0.25) is 5.88 Å². The highest BCUT2D eigenvalue weighted by atomic mass is 32.2. The maximum atomic E-state index is 15.5. The number of ether oxygens (including phenoxy) is 1. The number of fused-ring (bicyclic) bond motifs is 1. The van der Waals surface area contributed by atoms with Crippen LogP contribution in [0.5, 0.6) is 5.75 Å². The molecule has 0 unspecified atom stereocenters. The van der Waals surface area contributed by atoms with Crippen LogP contribution in [-0.4, -0.2) is 13.5 Å². The minimum absolute atomic E-state index is 0.0292. The summed E-state index contributed by atoms with van der Waals surface area (Å²) in [4.78, 5) is 0. The van der Waals surface area contributed by atoms with Gasteiger partial charge in [-0.3, -0.25) is 0 Å². The molecule has 0 amide bonds. The minimum Gasteiger partial charge on any atom is -0.493 e. The standard InChI is InChI=1S/C21H17FN2O4S/c1-2-14-8-9-16-11-18(28-13-15-6-4-3-5-7-15)21(20(22)17(16)10-14)24-12-19(25)23-29(24,26)27/h2-12,23,25H,1,13H2. The normalized spacial score (nSPS) is 15.1. The number of aliphatic hydroxyl groups excluding tert-OH is 1. The average Bonchev–Trinajstić information content (AvgIpc) is 2.98. The van der Waals surface area contributed by atoms with Crippen LogP contribution in [0.2, 0.25) is 0 Å². The molecule has 1 aliphatic heterocycles. The van der Waals surface area contributed by atoms with Crippen LogP contribution < -0.4 is 13.8 Å². The van der Waals surface area contributed by atoms with Crippen LogP contribution in [0.3, 0.4) is 0 Å². The second kappa shape index (κ2) is 7.14. The summed E-state index contributed by atoms with van der Waals surface area (Å²) in [7, 11) is -4.20. The number of rotatable bonds is 5. The molecule has 0 aromatic heterocycles. The number of anilines is 1. The van der Waals surface area contributed by atoms with E-state index in [9.17, 15) is 13.5 Å². The topological polar surface area (TPSA) is 78.9 Å². The number of benzene rings is 3. The van der Waals surface area contributed by atoms with Gasteiger partial charge in [-0.15, -0.1) is 0 Å². The third-order valence-electron chi connectivity index (χ3n) is 4.47. The number of nitrogens with zero attached hydrogens (tertiary/aromatic N) is 1. The summed E-state index contributed by atoms with van der Waals surface area (Å²) in [6.45, 7) is 3.79. The zero-order chi connectivity index (χ0) is 20.6. The van der Waals surface area contributed by atoms with Crippen molar-refractivity contribution >= 4 is 32.7 Å². The monoisotopic (exact) mass is 412 g/mol. The molecule has 6 nitrogen and oxygen atoms in total. The van der Waals surface area contributed by atoms with Crippen LogP contribution in [0.1, 0.15) is 11.1 Å². The molecule has 1 heterocycles. The molecule has 29 heavy (non-hydrogen) atoms. The Kier molecular flexibility index (Phi) is 4.63. The number of nitrogens with one attached hydrogen (secondary N) is 1. The minimum atomic E-state index is -4.20. The SMILES string of the molecule is C=Cc1ccc2cc(OCc3ccccc3)c(N3C=C(O)NS3(=O)=O)c(F)c2c1. The van der Waals surface area contributed by atoms with Crippen molar-refractivity contribution in [1.82, 2.24) is 4.72 Å². The Hall–Kier alpha value is -3.52. The smallest absolute Gasteiger partial charge is 0.330 e. The first-order valence-electron chi connectivity index (χ1n) is 8.67. The van der Waals surface area contributed by atoms with Crippen LogP contribution >= 0.6 is 0 Å². The van der Waals surface area contributed by atoms with Crippen molar-refractivity contribution in [3.63, 3.8) is 0 Å². The first-order valence-corrected chi connectivity index (χ1v) is 10.1. The van der Waals surface area contributed by atoms with E-state index in [4.69, 9.17) is 4.74 Å². The summed E-state index contributed by atoms with van der Waals surface area (Å²) in [6, 6.07) is 15.8. The Labute approximate surface area is 167 Å². The predicted octanol–water partition coefficient (Wildman–Crippen LogP) is 4.21. The van der Waals surface area contributed by atoms with Crippen molar-refractivity contribution in [2.45, 2.75) is 6.61 Å². The van der Waals surface area contributed by atoms with Gasteiger partial charge in [-0.05, 0) is 28.6 Å². The molecule has 0 saturated heterocycles. The van der Waals surface area contributed by atoms with E-state index in [1.165, 1.54) is 0 Å². The van der Waals surface area contributed by atoms with Crippen molar-refractivity contribution < 1.29 is 22.7 Å². The van der Waals surface area contributed by atoms with E-state index < -0.39 is 21.9 Å². The van der Waals surface area contributed by atoms with E-state index >= 15 is 4.39 Å². The van der Waals surface area contributed by atoms with Crippen LogP contribution in [0.15, 0.2) is 73.3 Å². The zero-order valence-electron chi connectivity index (χ0n) is 15.2. The molecule has 148 valence electrons. The van der Waals surface area contributed by atoms with E-state index in [0.717, 1.165) is 11.8 Å². The Morgan fingerprint density at radius 1 is 1.17 bits per heavy atom. The van der Waals surface area contributed by atoms with Gasteiger partial charge in [-0.1, -0.05) is 55.1 Å². The highest BCUT2D eigenvalue weighted by Gasteiger charge is 2.34. The van der Waals surface area contributed by atoms with E-state index in [1.807, 2.05) is 35.1 Å². The van der Waals surface area contributed by atoms with Gasteiger partial charge in [-0.2, -0.15) is 8.42 Å². The number of hydrogen-bond acceptors (Lipinski definition) is 4. The van der Waals surface area contributed by atoms with Crippen LogP contribution in [0.4, 0.5) is 10.1 Å². The molecule has 3 aromatic carbocycles. The lowest BCUT2D eigenvalue weighted by Gasteiger charge is -2.20. The van der Waals surface area contributed by atoms with Crippen LogP contribution in [0.25, 0.3) is 16.8 Å². The Morgan fingerprint density at radius 3 is 2.59 bits per heavy atom. The van der Waals surface area contributed by atoms with Crippen LogP contribution in [0, 0.1) is 5.82 Å². The predicted molar refractivity (Wildman–Crippen MR) is 110 cm³/mol. The number of halogens is 1. The van der Waals surface area contributed by atoms with Crippen molar-refractivity contribution in [2.24, 2.45) is 0 Å². The number of hydrogen-bond donors (Lipinski definition) is 2. The van der Waals surface area contributed by atoms with Gasteiger partial charge < -0.3 is 9.84 Å². The maximum absolute atomic E-state index is 15.5. The van der Waals surface area contributed by atoms with Gasteiger partial charge in [0.1, 0.15) is 18.0 Å².